The third-order valence-electron chi connectivity index (χ3n) is 3.91. The molecule has 0 spiro atoms. The van der Waals surface area contributed by atoms with E-state index in [0.717, 1.165) is 5.56 Å². The van der Waals surface area contributed by atoms with Gasteiger partial charge in [0.1, 0.15) is 11.1 Å². The Kier molecular flexibility index (Phi) is 8.91. The van der Waals surface area contributed by atoms with Crippen molar-refractivity contribution in [2.24, 2.45) is 5.92 Å². The molecule has 5 nitrogen and oxygen atoms in total. The van der Waals surface area contributed by atoms with Crippen molar-refractivity contribution in [2.75, 3.05) is 27.6 Å². The van der Waals surface area contributed by atoms with E-state index in [0.29, 0.717) is 6.61 Å². The van der Waals surface area contributed by atoms with Gasteiger partial charge in [-0.1, -0.05) is 53.2 Å². The number of esters is 1. The Bertz CT molecular complexity index is 491. The number of hydrogen-bond acceptors (Lipinski definition) is 5. The molecule has 0 aromatic heterocycles. The van der Waals surface area contributed by atoms with Gasteiger partial charge in [-0.05, 0) is 19.4 Å². The third-order valence-corrected chi connectivity index (χ3v) is 4.69. The lowest BCUT2D eigenvalue weighted by Crippen LogP contribution is -2.49. The highest BCUT2D eigenvalue weighted by molar-refractivity contribution is 9.10. The first-order valence-corrected chi connectivity index (χ1v) is 8.73. The Morgan fingerprint density at radius 3 is 2.38 bits per heavy atom. The van der Waals surface area contributed by atoms with E-state index in [1.54, 1.807) is 28.1 Å². The second-order valence-electron chi connectivity index (χ2n) is 5.72. The Morgan fingerprint density at radius 2 is 1.88 bits per heavy atom. The highest BCUT2D eigenvalue weighted by Gasteiger charge is 2.46. The summed E-state index contributed by atoms with van der Waals surface area (Å²) in [5, 5.41) is 0. The summed E-state index contributed by atoms with van der Waals surface area (Å²) in [6.45, 7) is 5.88. The number of carbonyl (C=O) groups is 1. The lowest BCUT2D eigenvalue weighted by molar-refractivity contribution is -0.161. The zero-order valence-electron chi connectivity index (χ0n) is 15.0. The maximum absolute atomic E-state index is 12.4. The molecule has 0 heterocycles. The molecule has 0 amide bonds. The monoisotopic (exact) mass is 402 g/mol. The number of ether oxygens (including phenoxy) is 4. The largest absolute Gasteiger partial charge is 0.465 e. The lowest BCUT2D eigenvalue weighted by atomic mass is 9.86. The highest BCUT2D eigenvalue weighted by Crippen LogP contribution is 2.38. The van der Waals surface area contributed by atoms with Crippen LogP contribution in [0.2, 0.25) is 0 Å². The maximum atomic E-state index is 12.4. The molecule has 1 unspecified atom stereocenters. The minimum Gasteiger partial charge on any atom is -0.465 e. The number of carbonyl (C=O) groups excluding carboxylic acids is 1. The molecule has 0 aliphatic carbocycles. The van der Waals surface area contributed by atoms with E-state index in [1.165, 1.54) is 0 Å². The predicted molar refractivity (Wildman–Crippen MR) is 96.1 cm³/mol. The summed E-state index contributed by atoms with van der Waals surface area (Å²) in [5.41, 5.74) is 1.02. The van der Waals surface area contributed by atoms with Crippen LogP contribution in [-0.2, 0) is 23.7 Å². The number of methoxy groups -OCH3 is 2. The first kappa shape index (κ1) is 21.1. The molecule has 1 aromatic carbocycles. The molecular formula is C18H27BrO5. The summed E-state index contributed by atoms with van der Waals surface area (Å²) in [7, 11) is 3.19. The molecule has 1 rings (SSSR count). The first-order chi connectivity index (χ1) is 11.4. The van der Waals surface area contributed by atoms with Crippen LogP contribution < -0.4 is 0 Å². The van der Waals surface area contributed by atoms with Crippen molar-refractivity contribution in [3.8, 4) is 0 Å². The standard InChI is InChI=1S/C18H27BrO5/c1-6-23-17(20)18(3,19)16(24-12-21-4)13(2)15(22-5)14-10-8-7-9-11-14/h7-11,13,15-16H,6,12H2,1-5H3/t13-,15-,16-,18?/m0/s1. The van der Waals surface area contributed by atoms with Crippen molar-refractivity contribution < 1.29 is 23.7 Å². The number of rotatable bonds is 10. The molecule has 0 fully saturated rings. The minimum atomic E-state index is -1.02. The Balaban J connectivity index is 3.10. The van der Waals surface area contributed by atoms with Crippen LogP contribution in [0.25, 0.3) is 0 Å². The Morgan fingerprint density at radius 1 is 1.25 bits per heavy atom. The summed E-state index contributed by atoms with van der Waals surface area (Å²) in [4.78, 5) is 12.4. The average Bonchev–Trinajstić information content (AvgIpc) is 2.57. The number of hydrogen-bond donors (Lipinski definition) is 0. The molecule has 1 aromatic rings. The van der Waals surface area contributed by atoms with Crippen molar-refractivity contribution in [3.05, 3.63) is 35.9 Å². The van der Waals surface area contributed by atoms with Gasteiger partial charge in [-0.2, -0.15) is 0 Å². The fourth-order valence-electron chi connectivity index (χ4n) is 2.79. The average molecular weight is 403 g/mol. The van der Waals surface area contributed by atoms with Crippen molar-refractivity contribution in [2.45, 2.75) is 37.3 Å². The summed E-state index contributed by atoms with van der Waals surface area (Å²) in [6, 6.07) is 9.85. The van der Waals surface area contributed by atoms with Crippen LogP contribution in [0, 0.1) is 5.92 Å². The van der Waals surface area contributed by atoms with E-state index in [2.05, 4.69) is 15.9 Å². The molecule has 6 heteroatoms. The quantitative estimate of drug-likeness (QED) is 0.339. The van der Waals surface area contributed by atoms with Crippen LogP contribution in [0.15, 0.2) is 30.3 Å². The lowest BCUT2D eigenvalue weighted by Gasteiger charge is -2.37. The maximum Gasteiger partial charge on any atom is 0.325 e. The highest BCUT2D eigenvalue weighted by atomic mass is 79.9. The topological polar surface area (TPSA) is 54.0 Å². The Labute approximate surface area is 152 Å². The van der Waals surface area contributed by atoms with Gasteiger partial charge in [-0.15, -0.1) is 0 Å². The van der Waals surface area contributed by atoms with Crippen molar-refractivity contribution in [3.63, 3.8) is 0 Å². The van der Waals surface area contributed by atoms with Crippen molar-refractivity contribution in [1.29, 1.82) is 0 Å². The van der Waals surface area contributed by atoms with Gasteiger partial charge in [0.25, 0.3) is 0 Å². The zero-order chi connectivity index (χ0) is 18.2. The third kappa shape index (κ3) is 5.28. The van der Waals surface area contributed by atoms with Crippen LogP contribution >= 0.6 is 15.9 Å². The summed E-state index contributed by atoms with van der Waals surface area (Å²) < 4.78 is 20.7. The fourth-order valence-corrected chi connectivity index (χ4v) is 3.45. The van der Waals surface area contributed by atoms with Gasteiger partial charge < -0.3 is 18.9 Å². The van der Waals surface area contributed by atoms with Crippen LogP contribution in [0.3, 0.4) is 0 Å². The summed E-state index contributed by atoms with van der Waals surface area (Å²) >= 11 is 3.51. The number of alkyl halides is 1. The molecule has 0 saturated carbocycles. The van der Waals surface area contributed by atoms with Crippen LogP contribution in [-0.4, -0.2) is 44.0 Å². The van der Waals surface area contributed by atoms with Gasteiger partial charge in [-0.3, -0.25) is 4.79 Å². The molecule has 0 saturated heterocycles. The number of benzene rings is 1. The van der Waals surface area contributed by atoms with Gasteiger partial charge in [0, 0.05) is 20.1 Å². The predicted octanol–water partition coefficient (Wildman–Crippen LogP) is 3.72. The molecule has 0 aliphatic rings. The van der Waals surface area contributed by atoms with Gasteiger partial charge in [0.15, 0.2) is 0 Å². The molecule has 0 bridgehead atoms. The van der Waals surface area contributed by atoms with Crippen LogP contribution in [0.1, 0.15) is 32.4 Å². The van der Waals surface area contributed by atoms with Crippen molar-refractivity contribution >= 4 is 21.9 Å². The Hall–Kier alpha value is -0.950. The van der Waals surface area contributed by atoms with Crippen LogP contribution in [0.4, 0.5) is 0 Å². The molecule has 136 valence electrons. The van der Waals surface area contributed by atoms with E-state index < -0.39 is 10.4 Å². The summed E-state index contributed by atoms with van der Waals surface area (Å²) in [5.74, 6) is -0.512. The number of halogens is 1. The molecule has 0 radical (unpaired) electrons. The van der Waals surface area contributed by atoms with E-state index in [9.17, 15) is 4.79 Å². The van der Waals surface area contributed by atoms with Gasteiger partial charge >= 0.3 is 5.97 Å². The minimum absolute atomic E-state index is 0.0703. The van der Waals surface area contributed by atoms with Crippen molar-refractivity contribution in [1.82, 2.24) is 0 Å². The van der Waals surface area contributed by atoms with E-state index in [4.69, 9.17) is 18.9 Å². The molecule has 4 atom stereocenters. The normalized spacial score (nSPS) is 17.6. The van der Waals surface area contributed by atoms with E-state index in [-0.39, 0.29) is 24.8 Å². The molecule has 24 heavy (non-hydrogen) atoms. The molecule has 0 aliphatic heterocycles. The van der Waals surface area contributed by atoms with Crippen LogP contribution in [0.5, 0.6) is 0 Å². The van der Waals surface area contributed by atoms with Gasteiger partial charge in [-0.25, -0.2) is 0 Å². The fraction of sp³-hybridized carbons (Fsp3) is 0.611. The van der Waals surface area contributed by atoms with E-state index in [1.807, 2.05) is 37.3 Å². The SMILES string of the molecule is CCOC(=O)C(C)(Br)[C@@H](OCOC)[C@@H](C)[C@H](OC)c1ccccc1. The zero-order valence-corrected chi connectivity index (χ0v) is 16.5. The van der Waals surface area contributed by atoms with E-state index >= 15 is 0 Å². The van der Waals surface area contributed by atoms with Gasteiger partial charge in [0.05, 0.1) is 18.8 Å². The first-order valence-electron chi connectivity index (χ1n) is 7.94. The van der Waals surface area contributed by atoms with Gasteiger partial charge in [0.2, 0.25) is 0 Å². The second kappa shape index (κ2) is 10.1. The molecular weight excluding hydrogens is 376 g/mol. The molecule has 0 N–H and O–H groups in total. The smallest absolute Gasteiger partial charge is 0.325 e. The summed E-state index contributed by atoms with van der Waals surface area (Å²) in [6.07, 6.45) is -0.749. The second-order valence-corrected chi connectivity index (χ2v) is 7.36.